The van der Waals surface area contributed by atoms with Crippen molar-refractivity contribution in [1.29, 1.82) is 0 Å². The second-order valence-corrected chi connectivity index (χ2v) is 4.21. The van der Waals surface area contributed by atoms with Crippen LogP contribution in [0.2, 0.25) is 5.02 Å². The molecule has 0 bridgehead atoms. The van der Waals surface area contributed by atoms with Crippen molar-refractivity contribution in [3.8, 4) is 0 Å². The number of aromatic amines is 1. The monoisotopic (exact) mass is 282 g/mol. The molecule has 0 aliphatic carbocycles. The molecule has 1 atom stereocenters. The van der Waals surface area contributed by atoms with Gasteiger partial charge in [0.2, 0.25) is 0 Å². The molecule has 0 aliphatic heterocycles. The van der Waals surface area contributed by atoms with Crippen molar-refractivity contribution in [2.75, 3.05) is 6.61 Å². The van der Waals surface area contributed by atoms with Gasteiger partial charge in [0.25, 0.3) is 0 Å². The maximum atomic E-state index is 11.9. The number of nitrogens with zero attached hydrogens (tertiary/aromatic N) is 1. The van der Waals surface area contributed by atoms with Crippen LogP contribution in [0.3, 0.4) is 0 Å². The Morgan fingerprint density at radius 3 is 2.84 bits per heavy atom. The third-order valence-corrected chi connectivity index (χ3v) is 2.82. The minimum absolute atomic E-state index is 0.234. The summed E-state index contributed by atoms with van der Waals surface area (Å²) in [4.78, 5) is 36.9. The van der Waals surface area contributed by atoms with E-state index in [1.54, 1.807) is 19.1 Å². The molecule has 1 aromatic heterocycles. The van der Waals surface area contributed by atoms with E-state index >= 15 is 0 Å². The lowest BCUT2D eigenvalue weighted by Gasteiger charge is -2.16. The minimum atomic E-state index is -1.14. The Labute approximate surface area is 112 Å². The van der Waals surface area contributed by atoms with Crippen LogP contribution in [-0.2, 0) is 9.53 Å². The lowest BCUT2D eigenvalue weighted by atomic mass is 10.3. The highest BCUT2D eigenvalue weighted by molar-refractivity contribution is 6.31. The van der Waals surface area contributed by atoms with Crippen LogP contribution in [0.15, 0.2) is 27.8 Å². The van der Waals surface area contributed by atoms with Gasteiger partial charge in [-0.3, -0.25) is 19.0 Å². The maximum Gasteiger partial charge on any atom is 0.319 e. The Balaban J connectivity index is 2.83. The lowest BCUT2D eigenvalue weighted by molar-refractivity contribution is -0.123. The van der Waals surface area contributed by atoms with Crippen molar-refractivity contribution in [2.24, 2.45) is 0 Å². The van der Waals surface area contributed by atoms with Gasteiger partial charge in [-0.05, 0) is 25.1 Å². The Kier molecular flexibility index (Phi) is 3.82. The zero-order valence-corrected chi connectivity index (χ0v) is 10.8. The van der Waals surface area contributed by atoms with Gasteiger partial charge in [0.05, 0.1) is 11.0 Å². The van der Waals surface area contributed by atoms with Crippen LogP contribution in [0.25, 0.3) is 11.0 Å². The van der Waals surface area contributed by atoms with E-state index in [2.05, 4.69) is 4.98 Å². The molecule has 19 heavy (non-hydrogen) atoms. The standard InChI is InChI=1S/C12H11ClN2O4/c1-2-19-10(6-16)15-9-4-3-7(13)5-8(9)14-11(17)12(15)18/h3-6,10H,2H2,1H3,(H,14,17). The van der Waals surface area contributed by atoms with Gasteiger partial charge in [0.15, 0.2) is 12.5 Å². The van der Waals surface area contributed by atoms with Gasteiger partial charge in [0.1, 0.15) is 0 Å². The molecule has 100 valence electrons. The van der Waals surface area contributed by atoms with Crippen LogP contribution in [0.1, 0.15) is 13.2 Å². The number of fused-ring (bicyclic) bond motifs is 1. The summed E-state index contributed by atoms with van der Waals surface area (Å²) >= 11 is 5.83. The highest BCUT2D eigenvalue weighted by Gasteiger charge is 2.16. The van der Waals surface area contributed by atoms with Gasteiger partial charge in [-0.2, -0.15) is 0 Å². The van der Waals surface area contributed by atoms with E-state index in [4.69, 9.17) is 16.3 Å². The second-order valence-electron chi connectivity index (χ2n) is 3.77. The van der Waals surface area contributed by atoms with Crippen LogP contribution in [0, 0.1) is 0 Å². The van der Waals surface area contributed by atoms with E-state index < -0.39 is 17.3 Å². The first-order valence-electron chi connectivity index (χ1n) is 5.59. The van der Waals surface area contributed by atoms with Gasteiger partial charge in [0, 0.05) is 11.6 Å². The summed E-state index contributed by atoms with van der Waals surface area (Å²) in [7, 11) is 0. The molecule has 0 saturated carbocycles. The molecule has 6 nitrogen and oxygen atoms in total. The number of rotatable bonds is 4. The topological polar surface area (TPSA) is 81.2 Å². The fourth-order valence-electron chi connectivity index (χ4n) is 1.81. The number of aldehydes is 1. The number of aromatic nitrogens is 2. The largest absolute Gasteiger partial charge is 0.351 e. The Morgan fingerprint density at radius 2 is 2.21 bits per heavy atom. The molecule has 1 unspecified atom stereocenters. The minimum Gasteiger partial charge on any atom is -0.351 e. The number of nitrogens with one attached hydrogen (secondary N) is 1. The third-order valence-electron chi connectivity index (χ3n) is 2.59. The summed E-state index contributed by atoms with van der Waals surface area (Å²) in [6, 6.07) is 4.61. The zero-order valence-electron chi connectivity index (χ0n) is 10.1. The van der Waals surface area contributed by atoms with Crippen molar-refractivity contribution in [2.45, 2.75) is 13.2 Å². The Bertz CT molecular complexity index is 735. The molecule has 0 spiro atoms. The van der Waals surface area contributed by atoms with Crippen LogP contribution in [-0.4, -0.2) is 22.4 Å². The van der Waals surface area contributed by atoms with Gasteiger partial charge in [-0.25, -0.2) is 0 Å². The smallest absolute Gasteiger partial charge is 0.319 e. The molecule has 2 aromatic rings. The SMILES string of the molecule is CCOC(C=O)n1c(=O)c(=O)[nH]c2cc(Cl)ccc21. The maximum absolute atomic E-state index is 11.9. The number of ether oxygens (including phenoxy) is 1. The number of halogens is 1. The summed E-state index contributed by atoms with van der Waals surface area (Å²) in [5.41, 5.74) is -0.940. The fraction of sp³-hybridized carbons (Fsp3) is 0.250. The number of hydrogen-bond donors (Lipinski definition) is 1. The van der Waals surface area contributed by atoms with Crippen molar-refractivity contribution < 1.29 is 9.53 Å². The van der Waals surface area contributed by atoms with Crippen molar-refractivity contribution in [1.82, 2.24) is 9.55 Å². The highest BCUT2D eigenvalue weighted by atomic mass is 35.5. The molecule has 1 aromatic carbocycles. The van der Waals surface area contributed by atoms with Crippen LogP contribution < -0.4 is 11.1 Å². The van der Waals surface area contributed by atoms with E-state index in [0.29, 0.717) is 22.3 Å². The molecular formula is C12H11ClN2O4. The summed E-state index contributed by atoms with van der Waals surface area (Å²) in [6.45, 7) is 1.92. The molecular weight excluding hydrogens is 272 g/mol. The molecule has 1 heterocycles. The second kappa shape index (κ2) is 5.38. The van der Waals surface area contributed by atoms with Gasteiger partial charge >= 0.3 is 11.1 Å². The van der Waals surface area contributed by atoms with Gasteiger partial charge in [-0.15, -0.1) is 0 Å². The number of H-pyrrole nitrogens is 1. The fourth-order valence-corrected chi connectivity index (χ4v) is 1.98. The number of benzene rings is 1. The first-order valence-corrected chi connectivity index (χ1v) is 5.97. The van der Waals surface area contributed by atoms with Crippen LogP contribution in [0.5, 0.6) is 0 Å². The zero-order chi connectivity index (χ0) is 14.0. The summed E-state index contributed by atoms with van der Waals surface area (Å²) in [5.74, 6) is 0. The molecule has 0 fully saturated rings. The Hall–Kier alpha value is -1.92. The molecule has 0 saturated heterocycles. The average Bonchev–Trinajstić information content (AvgIpc) is 2.38. The number of carbonyl (C=O) groups excluding carboxylic acids is 1. The van der Waals surface area contributed by atoms with Crippen LogP contribution in [0.4, 0.5) is 0 Å². The molecule has 0 aliphatic rings. The highest BCUT2D eigenvalue weighted by Crippen LogP contribution is 2.17. The van der Waals surface area contributed by atoms with E-state index in [1.807, 2.05) is 0 Å². The van der Waals surface area contributed by atoms with E-state index in [0.717, 1.165) is 4.57 Å². The lowest BCUT2D eigenvalue weighted by Crippen LogP contribution is -2.39. The van der Waals surface area contributed by atoms with E-state index in [9.17, 15) is 14.4 Å². The molecule has 2 rings (SSSR count). The van der Waals surface area contributed by atoms with Crippen molar-refractivity contribution in [3.63, 3.8) is 0 Å². The van der Waals surface area contributed by atoms with Crippen LogP contribution >= 0.6 is 11.6 Å². The van der Waals surface area contributed by atoms with E-state index in [1.165, 1.54) is 6.07 Å². The quantitative estimate of drug-likeness (QED) is 0.672. The number of hydrogen-bond acceptors (Lipinski definition) is 4. The molecule has 1 N–H and O–H groups in total. The summed E-state index contributed by atoms with van der Waals surface area (Å²) < 4.78 is 6.18. The van der Waals surface area contributed by atoms with Crippen molar-refractivity contribution in [3.05, 3.63) is 43.9 Å². The average molecular weight is 283 g/mol. The van der Waals surface area contributed by atoms with Gasteiger partial charge in [-0.1, -0.05) is 11.6 Å². The first-order chi connectivity index (χ1) is 9.08. The summed E-state index contributed by atoms with van der Waals surface area (Å²) in [5, 5.41) is 0.410. The van der Waals surface area contributed by atoms with E-state index in [-0.39, 0.29) is 6.61 Å². The molecule has 0 amide bonds. The third kappa shape index (κ3) is 2.45. The Morgan fingerprint density at radius 1 is 1.47 bits per heavy atom. The predicted molar refractivity (Wildman–Crippen MR) is 70.6 cm³/mol. The first kappa shape index (κ1) is 13.5. The summed E-state index contributed by atoms with van der Waals surface area (Å²) in [6.07, 6.45) is -0.665. The molecule has 7 heteroatoms. The molecule has 0 radical (unpaired) electrons. The predicted octanol–water partition coefficient (Wildman–Crippen LogP) is 1.08. The van der Waals surface area contributed by atoms with Gasteiger partial charge < -0.3 is 9.72 Å². The number of carbonyl (C=O) groups is 1. The van der Waals surface area contributed by atoms with Crippen molar-refractivity contribution >= 4 is 28.9 Å². The normalized spacial score (nSPS) is 12.5.